The molecule has 1 saturated heterocycles. The molecule has 156 valence electrons. The molecule has 0 radical (unpaired) electrons. The number of amides is 1. The maximum absolute atomic E-state index is 13.4. The molecular formula is C19H25F3N2O3S. The fourth-order valence-electron chi connectivity index (χ4n) is 3.72. The average molecular weight is 418 g/mol. The number of benzene rings is 1. The van der Waals surface area contributed by atoms with Gasteiger partial charge in [0.15, 0.2) is 0 Å². The van der Waals surface area contributed by atoms with E-state index < -0.39 is 33.6 Å². The van der Waals surface area contributed by atoms with Crippen LogP contribution < -0.4 is 5.32 Å². The summed E-state index contributed by atoms with van der Waals surface area (Å²) in [6.07, 6.45) is -1.16. The zero-order valence-electron chi connectivity index (χ0n) is 15.9. The van der Waals surface area contributed by atoms with Crippen LogP contribution in [-0.4, -0.2) is 42.9 Å². The van der Waals surface area contributed by atoms with Crippen molar-refractivity contribution in [3.63, 3.8) is 0 Å². The van der Waals surface area contributed by atoms with Crippen molar-refractivity contribution in [3.8, 4) is 0 Å². The van der Waals surface area contributed by atoms with E-state index in [0.29, 0.717) is 19.4 Å². The largest absolute Gasteiger partial charge is 0.411 e. The molecule has 1 N–H and O–H groups in total. The number of hydrogen-bond donors (Lipinski definition) is 1. The van der Waals surface area contributed by atoms with Gasteiger partial charge in [0, 0.05) is 18.2 Å². The maximum atomic E-state index is 13.4. The molecule has 3 rings (SSSR count). The first-order valence-corrected chi connectivity index (χ1v) is 10.9. The third-order valence-corrected chi connectivity index (χ3v) is 7.85. The molecule has 2 aliphatic rings. The van der Waals surface area contributed by atoms with Crippen molar-refractivity contribution in [1.29, 1.82) is 0 Å². The van der Waals surface area contributed by atoms with Crippen LogP contribution >= 0.6 is 0 Å². The van der Waals surface area contributed by atoms with E-state index in [1.54, 1.807) is 0 Å². The summed E-state index contributed by atoms with van der Waals surface area (Å²) in [4.78, 5) is 12.4. The minimum Gasteiger partial charge on any atom is -0.338 e. The van der Waals surface area contributed by atoms with Crippen LogP contribution in [0.15, 0.2) is 29.2 Å². The van der Waals surface area contributed by atoms with E-state index in [1.807, 2.05) is 6.92 Å². The first kappa shape index (κ1) is 21.1. The van der Waals surface area contributed by atoms with Gasteiger partial charge in [-0.25, -0.2) is 8.42 Å². The molecule has 2 atom stereocenters. The Hall–Kier alpha value is -1.61. The molecule has 1 heterocycles. The van der Waals surface area contributed by atoms with Crippen molar-refractivity contribution in [2.45, 2.75) is 68.6 Å². The van der Waals surface area contributed by atoms with Gasteiger partial charge >= 0.3 is 6.18 Å². The van der Waals surface area contributed by atoms with E-state index >= 15 is 0 Å². The molecule has 1 aromatic rings. The highest BCUT2D eigenvalue weighted by atomic mass is 32.2. The number of alkyl halides is 3. The molecule has 2 unspecified atom stereocenters. The molecule has 2 fully saturated rings. The molecule has 1 aliphatic carbocycles. The summed E-state index contributed by atoms with van der Waals surface area (Å²) in [5.41, 5.74) is -2.28. The highest BCUT2D eigenvalue weighted by Gasteiger charge is 2.60. The number of rotatable bonds is 5. The van der Waals surface area contributed by atoms with E-state index in [-0.39, 0.29) is 16.5 Å². The molecule has 1 aliphatic heterocycles. The summed E-state index contributed by atoms with van der Waals surface area (Å²) in [5, 5.41) is 2.12. The SMILES string of the molecule is CC1CCCCN1S(=O)(=O)c1ccc(C(=O)NC(C)(C2CC2)C(F)(F)F)cc1. The minimum absolute atomic E-state index is 0.00164. The van der Waals surface area contributed by atoms with Gasteiger partial charge in [0.25, 0.3) is 5.91 Å². The predicted octanol–water partition coefficient (Wildman–Crippen LogP) is 3.71. The van der Waals surface area contributed by atoms with Gasteiger partial charge in [0.2, 0.25) is 10.0 Å². The molecule has 0 aromatic heterocycles. The van der Waals surface area contributed by atoms with Crippen molar-refractivity contribution in [2.75, 3.05) is 6.54 Å². The number of halogens is 3. The molecule has 0 bridgehead atoms. The fourth-order valence-corrected chi connectivity index (χ4v) is 5.42. The molecule has 0 spiro atoms. The number of carbonyl (C=O) groups excluding carboxylic acids is 1. The van der Waals surface area contributed by atoms with E-state index in [1.165, 1.54) is 28.6 Å². The third kappa shape index (κ3) is 3.91. The monoisotopic (exact) mass is 418 g/mol. The topological polar surface area (TPSA) is 66.5 Å². The third-order valence-electron chi connectivity index (χ3n) is 5.82. The van der Waals surface area contributed by atoms with Crippen molar-refractivity contribution < 1.29 is 26.4 Å². The summed E-state index contributed by atoms with van der Waals surface area (Å²) in [7, 11) is -3.69. The van der Waals surface area contributed by atoms with Crippen LogP contribution in [0, 0.1) is 5.92 Å². The molecule has 1 amide bonds. The average Bonchev–Trinajstić information content (AvgIpc) is 3.46. The Bertz CT molecular complexity index is 835. The summed E-state index contributed by atoms with van der Waals surface area (Å²) in [5.74, 6) is -1.49. The maximum Gasteiger partial charge on any atom is 0.411 e. The van der Waals surface area contributed by atoms with Gasteiger partial charge in [-0.3, -0.25) is 4.79 Å². The molecule has 5 nitrogen and oxygen atoms in total. The Labute approximate surface area is 163 Å². The smallest absolute Gasteiger partial charge is 0.338 e. The normalized spacial score (nSPS) is 23.8. The molecular weight excluding hydrogens is 393 g/mol. The number of nitrogens with one attached hydrogen (secondary N) is 1. The summed E-state index contributed by atoms with van der Waals surface area (Å²) in [6.45, 7) is 3.30. The lowest BCUT2D eigenvalue weighted by molar-refractivity contribution is -0.194. The summed E-state index contributed by atoms with van der Waals surface area (Å²) in [6, 6.07) is 5.00. The van der Waals surface area contributed by atoms with Crippen molar-refractivity contribution in [3.05, 3.63) is 29.8 Å². The number of nitrogens with zero attached hydrogens (tertiary/aromatic N) is 1. The Morgan fingerprint density at radius 3 is 2.21 bits per heavy atom. The van der Waals surface area contributed by atoms with Gasteiger partial charge in [-0.05, 0) is 69.7 Å². The van der Waals surface area contributed by atoms with Gasteiger partial charge in [-0.1, -0.05) is 6.42 Å². The molecule has 9 heteroatoms. The summed E-state index contributed by atoms with van der Waals surface area (Å²) >= 11 is 0. The Morgan fingerprint density at radius 2 is 1.71 bits per heavy atom. The van der Waals surface area contributed by atoms with Crippen LogP contribution in [-0.2, 0) is 10.0 Å². The second-order valence-electron chi connectivity index (χ2n) is 7.91. The van der Waals surface area contributed by atoms with Gasteiger partial charge in [0.05, 0.1) is 4.90 Å². The number of sulfonamides is 1. The van der Waals surface area contributed by atoms with Crippen molar-refractivity contribution in [2.24, 2.45) is 5.92 Å². The number of hydrogen-bond acceptors (Lipinski definition) is 3. The van der Waals surface area contributed by atoms with Crippen LogP contribution in [0.25, 0.3) is 0 Å². The molecule has 1 aromatic carbocycles. The second-order valence-corrected chi connectivity index (χ2v) is 9.80. The number of piperidine rings is 1. The lowest BCUT2D eigenvalue weighted by atomic mass is 9.94. The second kappa shape index (κ2) is 7.33. The lowest BCUT2D eigenvalue weighted by Crippen LogP contribution is -2.58. The van der Waals surface area contributed by atoms with Crippen molar-refractivity contribution >= 4 is 15.9 Å². The van der Waals surface area contributed by atoms with Crippen molar-refractivity contribution in [1.82, 2.24) is 9.62 Å². The quantitative estimate of drug-likeness (QED) is 0.793. The Morgan fingerprint density at radius 1 is 1.11 bits per heavy atom. The number of carbonyl (C=O) groups is 1. The Balaban J connectivity index is 1.78. The minimum atomic E-state index is -4.56. The van der Waals surface area contributed by atoms with Crippen LogP contribution in [0.3, 0.4) is 0 Å². The zero-order chi connectivity index (χ0) is 20.7. The molecule has 1 saturated carbocycles. The highest BCUT2D eigenvalue weighted by molar-refractivity contribution is 7.89. The van der Waals surface area contributed by atoms with E-state index in [4.69, 9.17) is 0 Å². The van der Waals surface area contributed by atoms with Crippen LogP contribution in [0.1, 0.15) is 56.3 Å². The van der Waals surface area contributed by atoms with E-state index in [2.05, 4.69) is 5.32 Å². The lowest BCUT2D eigenvalue weighted by Gasteiger charge is -2.33. The van der Waals surface area contributed by atoms with Gasteiger partial charge in [-0.2, -0.15) is 17.5 Å². The van der Waals surface area contributed by atoms with Gasteiger partial charge in [0.1, 0.15) is 5.54 Å². The van der Waals surface area contributed by atoms with E-state index in [0.717, 1.165) is 26.2 Å². The zero-order valence-corrected chi connectivity index (χ0v) is 16.7. The van der Waals surface area contributed by atoms with Crippen LogP contribution in [0.4, 0.5) is 13.2 Å². The van der Waals surface area contributed by atoms with Gasteiger partial charge < -0.3 is 5.32 Å². The van der Waals surface area contributed by atoms with Gasteiger partial charge in [-0.15, -0.1) is 0 Å². The standard InChI is InChI=1S/C19H25F3N2O3S/c1-13-5-3-4-12-24(13)28(26,27)16-10-6-14(7-11-16)17(25)23-18(2,15-8-9-15)19(20,21)22/h6-7,10-11,13,15H,3-5,8-9,12H2,1-2H3,(H,23,25). The predicted molar refractivity (Wildman–Crippen MR) is 98.3 cm³/mol. The first-order chi connectivity index (χ1) is 13.0. The van der Waals surface area contributed by atoms with Crippen LogP contribution in [0.2, 0.25) is 0 Å². The Kier molecular flexibility index (Phi) is 5.53. The molecule has 28 heavy (non-hydrogen) atoms. The highest BCUT2D eigenvalue weighted by Crippen LogP contribution is 2.48. The van der Waals surface area contributed by atoms with Crippen LogP contribution in [0.5, 0.6) is 0 Å². The fraction of sp³-hybridized carbons (Fsp3) is 0.632. The summed E-state index contributed by atoms with van der Waals surface area (Å²) < 4.78 is 67.4. The van der Waals surface area contributed by atoms with E-state index in [9.17, 15) is 26.4 Å². The first-order valence-electron chi connectivity index (χ1n) is 9.48.